The van der Waals surface area contributed by atoms with E-state index in [1.54, 1.807) is 22.9 Å². The number of rotatable bonds is 7. The van der Waals surface area contributed by atoms with Crippen molar-refractivity contribution in [3.05, 3.63) is 59.6 Å². The minimum Gasteiger partial charge on any atom is -0.490 e. The Morgan fingerprint density at radius 2 is 1.91 bits per heavy atom. The monoisotopic (exact) mass is 551 g/mol. The summed E-state index contributed by atoms with van der Waals surface area (Å²) in [6.07, 6.45) is 3.48. The quantitative estimate of drug-likeness (QED) is 0.368. The van der Waals surface area contributed by atoms with Crippen molar-refractivity contribution in [2.75, 3.05) is 11.9 Å². The largest absolute Gasteiger partial charge is 0.490 e. The van der Waals surface area contributed by atoms with Gasteiger partial charge in [0.25, 0.3) is 0 Å². The molecule has 13 heteroatoms. The van der Waals surface area contributed by atoms with Crippen LogP contribution in [-0.4, -0.2) is 31.4 Å². The van der Waals surface area contributed by atoms with Crippen LogP contribution >= 0.6 is 45.9 Å². The summed E-state index contributed by atoms with van der Waals surface area (Å²) in [7, 11) is 1.34. The van der Waals surface area contributed by atoms with Gasteiger partial charge in [0.1, 0.15) is 0 Å². The van der Waals surface area contributed by atoms with Crippen molar-refractivity contribution in [3.8, 4) is 17.0 Å². The van der Waals surface area contributed by atoms with Crippen LogP contribution < -0.4 is 21.4 Å². The molecule has 0 unspecified atom stereocenters. The number of hydrogen-bond donors (Lipinski definition) is 1. The lowest BCUT2D eigenvalue weighted by molar-refractivity contribution is -0.115. The molecule has 3 aromatic heterocycles. The van der Waals surface area contributed by atoms with Gasteiger partial charge in [-0.15, -0.1) is 22.7 Å². The van der Waals surface area contributed by atoms with Crippen molar-refractivity contribution in [2.45, 2.75) is 25.7 Å². The normalized spacial score (nSPS) is 13.7. The van der Waals surface area contributed by atoms with Gasteiger partial charge in [0.2, 0.25) is 10.9 Å². The number of thiazole rings is 2. The molecular weight excluding hydrogens is 533 g/mol. The second-order valence-electron chi connectivity index (χ2n) is 8.22. The van der Waals surface area contributed by atoms with E-state index in [0.29, 0.717) is 50.4 Å². The Bertz CT molecular complexity index is 1530. The molecule has 1 fully saturated rings. The van der Waals surface area contributed by atoms with Crippen LogP contribution in [0.4, 0.5) is 5.13 Å². The van der Waals surface area contributed by atoms with Gasteiger partial charge >= 0.3 is 11.4 Å². The highest BCUT2D eigenvalue weighted by atomic mass is 35.5. The van der Waals surface area contributed by atoms with Crippen LogP contribution in [0.25, 0.3) is 16.2 Å². The van der Waals surface area contributed by atoms with E-state index in [9.17, 15) is 14.4 Å². The Hall–Kier alpha value is -2.73. The lowest BCUT2D eigenvalue weighted by Crippen LogP contribution is -2.37. The summed E-state index contributed by atoms with van der Waals surface area (Å²) in [5.41, 5.74) is 0.561. The van der Waals surface area contributed by atoms with Gasteiger partial charge in [0, 0.05) is 29.1 Å². The zero-order chi connectivity index (χ0) is 24.7. The zero-order valence-electron chi connectivity index (χ0n) is 18.4. The molecule has 35 heavy (non-hydrogen) atoms. The molecule has 9 nitrogen and oxygen atoms in total. The number of carbonyl (C=O) groups excluding carboxylic acids is 1. The van der Waals surface area contributed by atoms with Gasteiger partial charge in [0.15, 0.2) is 10.9 Å². The predicted molar refractivity (Wildman–Crippen MR) is 137 cm³/mol. The fourth-order valence-electron chi connectivity index (χ4n) is 3.64. The summed E-state index contributed by atoms with van der Waals surface area (Å²) >= 11 is 15.2. The summed E-state index contributed by atoms with van der Waals surface area (Å²) in [4.78, 5) is 45.3. The predicted octanol–water partition coefficient (Wildman–Crippen LogP) is 4.25. The van der Waals surface area contributed by atoms with Crippen molar-refractivity contribution in [2.24, 2.45) is 13.0 Å². The fraction of sp³-hybridized carbons (Fsp3) is 0.318. The van der Waals surface area contributed by atoms with E-state index in [1.807, 2.05) is 0 Å². The van der Waals surface area contributed by atoms with Gasteiger partial charge < -0.3 is 10.1 Å². The second kappa shape index (κ2) is 9.73. The van der Waals surface area contributed by atoms with Crippen molar-refractivity contribution in [1.82, 2.24) is 18.9 Å². The molecule has 5 rings (SSSR count). The molecule has 3 heterocycles. The highest BCUT2D eigenvalue weighted by Crippen LogP contribution is 2.39. The lowest BCUT2D eigenvalue weighted by atomic mass is 9.86. The van der Waals surface area contributed by atoms with Gasteiger partial charge in [-0.05, 0) is 30.9 Å². The van der Waals surface area contributed by atoms with Gasteiger partial charge in [-0.25, -0.2) is 23.5 Å². The van der Waals surface area contributed by atoms with Crippen LogP contribution in [0.1, 0.15) is 25.0 Å². The molecule has 1 saturated carbocycles. The molecule has 4 aromatic rings. The standard InChI is InChI=1S/C22H19Cl2N5O4S2/c1-28-20(31)27-21-29(22(28)32)13(9-35-21)7-17(30)26-19-25-16(10-34-19)12-5-14(23)18(15(24)6-12)33-8-11-3-2-4-11/h5-6,9-11H,2-4,7-8H2,1H3,(H,25,26,30). The Kier molecular flexibility index (Phi) is 6.67. The maximum Gasteiger partial charge on any atom is 0.354 e. The molecule has 1 aromatic carbocycles. The van der Waals surface area contributed by atoms with Crippen LogP contribution in [0.3, 0.4) is 0 Å². The Balaban J connectivity index is 1.29. The maximum absolute atomic E-state index is 12.6. The van der Waals surface area contributed by atoms with Crippen LogP contribution in [0.15, 0.2) is 32.5 Å². The van der Waals surface area contributed by atoms with Gasteiger partial charge in [-0.2, -0.15) is 4.98 Å². The Morgan fingerprint density at radius 3 is 2.60 bits per heavy atom. The smallest absolute Gasteiger partial charge is 0.354 e. The third kappa shape index (κ3) is 4.86. The first-order valence-corrected chi connectivity index (χ1v) is 13.3. The molecule has 1 aliphatic rings. The molecular formula is C22H19Cl2N5O4S2. The zero-order valence-corrected chi connectivity index (χ0v) is 21.6. The Labute approximate surface area is 216 Å². The molecule has 0 bridgehead atoms. The van der Waals surface area contributed by atoms with Crippen LogP contribution in [-0.2, 0) is 18.3 Å². The molecule has 0 radical (unpaired) electrons. The highest BCUT2D eigenvalue weighted by Gasteiger charge is 2.20. The van der Waals surface area contributed by atoms with E-state index in [4.69, 9.17) is 27.9 Å². The van der Waals surface area contributed by atoms with Gasteiger partial charge in [-0.1, -0.05) is 29.6 Å². The molecule has 0 aliphatic heterocycles. The average molecular weight is 552 g/mol. The van der Waals surface area contributed by atoms with E-state index < -0.39 is 11.4 Å². The topological polar surface area (TPSA) is 108 Å². The number of amides is 1. The molecule has 182 valence electrons. The number of ether oxygens (including phenoxy) is 1. The highest BCUT2D eigenvalue weighted by molar-refractivity contribution is 7.15. The minimum atomic E-state index is -0.638. The Morgan fingerprint density at radius 1 is 1.17 bits per heavy atom. The SMILES string of the molecule is Cn1c(=O)nc2scc(CC(=O)Nc3nc(-c4cc(Cl)c(OCC5CCC5)c(Cl)c4)cs3)n2c1=O. The van der Waals surface area contributed by atoms with E-state index in [1.165, 1.54) is 29.2 Å². The first kappa shape index (κ1) is 24.0. The van der Waals surface area contributed by atoms with Crippen LogP contribution in [0.5, 0.6) is 5.75 Å². The molecule has 0 atom stereocenters. The van der Waals surface area contributed by atoms with Crippen molar-refractivity contribution >= 4 is 61.9 Å². The summed E-state index contributed by atoms with van der Waals surface area (Å²) in [5.74, 6) is 0.667. The van der Waals surface area contributed by atoms with Crippen molar-refractivity contribution in [3.63, 3.8) is 0 Å². The number of nitrogens with one attached hydrogen (secondary N) is 1. The number of benzene rings is 1. The third-order valence-electron chi connectivity index (χ3n) is 5.81. The minimum absolute atomic E-state index is 0.0839. The first-order chi connectivity index (χ1) is 16.8. The van der Waals surface area contributed by atoms with E-state index >= 15 is 0 Å². The van der Waals surface area contributed by atoms with E-state index in [0.717, 1.165) is 28.7 Å². The second-order valence-corrected chi connectivity index (χ2v) is 10.7. The van der Waals surface area contributed by atoms with Crippen molar-refractivity contribution < 1.29 is 9.53 Å². The van der Waals surface area contributed by atoms with Gasteiger partial charge in [-0.3, -0.25) is 4.79 Å². The first-order valence-electron chi connectivity index (χ1n) is 10.7. The number of nitrogens with zero attached hydrogens (tertiary/aromatic N) is 4. The summed E-state index contributed by atoms with van der Waals surface area (Å²) in [6.45, 7) is 0.601. The molecule has 0 spiro atoms. The molecule has 1 amide bonds. The molecule has 0 saturated heterocycles. The fourth-order valence-corrected chi connectivity index (χ4v) is 5.83. The lowest BCUT2D eigenvalue weighted by Gasteiger charge is -2.25. The average Bonchev–Trinajstić information content (AvgIpc) is 3.40. The molecule has 1 aliphatic carbocycles. The number of anilines is 1. The third-order valence-corrected chi connectivity index (χ3v) is 8.00. The van der Waals surface area contributed by atoms with E-state index in [2.05, 4.69) is 15.3 Å². The number of hydrogen-bond acceptors (Lipinski definition) is 8. The van der Waals surface area contributed by atoms with E-state index in [-0.39, 0.29) is 17.3 Å². The van der Waals surface area contributed by atoms with Crippen LogP contribution in [0.2, 0.25) is 10.0 Å². The number of fused-ring (bicyclic) bond motifs is 1. The number of aromatic nitrogens is 4. The van der Waals surface area contributed by atoms with Crippen molar-refractivity contribution in [1.29, 1.82) is 0 Å². The molecule has 1 N–H and O–H groups in total. The summed E-state index contributed by atoms with van der Waals surface area (Å²) < 4.78 is 8.00. The number of halogens is 2. The summed E-state index contributed by atoms with van der Waals surface area (Å²) in [6, 6.07) is 3.48. The number of carbonyl (C=O) groups is 1. The van der Waals surface area contributed by atoms with Crippen LogP contribution in [0, 0.1) is 5.92 Å². The summed E-state index contributed by atoms with van der Waals surface area (Å²) in [5, 5.41) is 7.37. The van der Waals surface area contributed by atoms with Gasteiger partial charge in [0.05, 0.1) is 28.8 Å². The maximum atomic E-state index is 12.6.